The van der Waals surface area contributed by atoms with Gasteiger partial charge in [-0.1, -0.05) is 6.92 Å². The first-order valence-electron chi connectivity index (χ1n) is 7.07. The number of thioether (sulfide) groups is 1. The van der Waals surface area contributed by atoms with Crippen molar-refractivity contribution in [1.29, 1.82) is 0 Å². The van der Waals surface area contributed by atoms with Crippen LogP contribution in [0.2, 0.25) is 0 Å². The summed E-state index contributed by atoms with van der Waals surface area (Å²) in [6.07, 6.45) is 10.5. The van der Waals surface area contributed by atoms with Crippen LogP contribution in [0.4, 0.5) is 0 Å². The van der Waals surface area contributed by atoms with Crippen LogP contribution in [0.25, 0.3) is 0 Å². The molecule has 4 bridgehead atoms. The van der Waals surface area contributed by atoms with E-state index in [1.807, 2.05) is 0 Å². The van der Waals surface area contributed by atoms with Crippen LogP contribution in [0.15, 0.2) is 0 Å². The number of hydrogen-bond donors (Lipinski definition) is 1. The Bertz CT molecular complexity index is 228. The molecule has 4 rings (SSSR count). The van der Waals surface area contributed by atoms with Crippen molar-refractivity contribution in [2.45, 2.75) is 61.9 Å². The van der Waals surface area contributed by atoms with Crippen molar-refractivity contribution >= 4 is 11.8 Å². The topological polar surface area (TPSA) is 26.0 Å². The third-order valence-electron chi connectivity index (χ3n) is 5.01. The maximum atomic E-state index is 5.68. The van der Waals surface area contributed by atoms with Crippen molar-refractivity contribution < 1.29 is 0 Å². The Morgan fingerprint density at radius 2 is 1.62 bits per heavy atom. The molecule has 92 valence electrons. The van der Waals surface area contributed by atoms with Gasteiger partial charge in [0.05, 0.1) is 0 Å². The Balaban J connectivity index is 1.68. The molecule has 0 heterocycles. The van der Waals surface area contributed by atoms with Gasteiger partial charge >= 0.3 is 0 Å². The first-order valence-corrected chi connectivity index (χ1v) is 7.95. The van der Waals surface area contributed by atoms with E-state index in [9.17, 15) is 0 Å². The highest BCUT2D eigenvalue weighted by molar-refractivity contribution is 8.01. The average Bonchev–Trinajstić information content (AvgIpc) is 2.13. The molecule has 0 aromatic rings. The Hall–Kier alpha value is 0.310. The van der Waals surface area contributed by atoms with Crippen LogP contribution in [0, 0.1) is 17.8 Å². The van der Waals surface area contributed by atoms with Crippen LogP contribution in [0.5, 0.6) is 0 Å². The van der Waals surface area contributed by atoms with E-state index in [0.717, 1.165) is 29.5 Å². The second kappa shape index (κ2) is 4.20. The molecule has 0 radical (unpaired) electrons. The molecule has 4 fully saturated rings. The number of hydrogen-bond acceptors (Lipinski definition) is 2. The van der Waals surface area contributed by atoms with E-state index in [-0.39, 0.29) is 0 Å². The van der Waals surface area contributed by atoms with Gasteiger partial charge in [0, 0.05) is 10.00 Å². The van der Waals surface area contributed by atoms with E-state index in [0.29, 0.717) is 4.75 Å². The van der Waals surface area contributed by atoms with Gasteiger partial charge in [0.25, 0.3) is 0 Å². The Kier molecular flexibility index (Phi) is 3.00. The highest BCUT2D eigenvalue weighted by Gasteiger charge is 2.51. The van der Waals surface area contributed by atoms with Gasteiger partial charge in [0.15, 0.2) is 0 Å². The molecule has 0 amide bonds. The molecule has 1 unspecified atom stereocenters. The number of rotatable bonds is 4. The van der Waals surface area contributed by atoms with Crippen molar-refractivity contribution in [3.8, 4) is 0 Å². The van der Waals surface area contributed by atoms with Gasteiger partial charge in [-0.15, -0.1) is 0 Å². The molecule has 1 nitrogen and oxygen atoms in total. The maximum absolute atomic E-state index is 5.68. The second-order valence-corrected chi connectivity index (χ2v) is 8.51. The fourth-order valence-corrected chi connectivity index (χ4v) is 7.00. The molecule has 0 aliphatic heterocycles. The van der Waals surface area contributed by atoms with Crippen LogP contribution in [-0.2, 0) is 0 Å². The van der Waals surface area contributed by atoms with Gasteiger partial charge in [-0.3, -0.25) is 0 Å². The van der Waals surface area contributed by atoms with Crippen molar-refractivity contribution in [1.82, 2.24) is 0 Å². The molecule has 0 saturated heterocycles. The van der Waals surface area contributed by atoms with Crippen LogP contribution >= 0.6 is 11.8 Å². The molecule has 2 N–H and O–H groups in total. The Morgan fingerprint density at radius 3 is 2.06 bits per heavy atom. The lowest BCUT2D eigenvalue weighted by Crippen LogP contribution is -2.49. The third kappa shape index (κ3) is 2.03. The lowest BCUT2D eigenvalue weighted by Gasteiger charge is -2.57. The Labute approximate surface area is 104 Å². The summed E-state index contributed by atoms with van der Waals surface area (Å²) >= 11 is 2.30. The standard InChI is InChI=1S/C14H25NS/c1-10(2-3-15)16-14-7-11-4-12(8-14)6-13(5-11)9-14/h10-13H,2-9,15H2,1H3. The summed E-state index contributed by atoms with van der Waals surface area (Å²) in [5.41, 5.74) is 5.68. The van der Waals surface area contributed by atoms with Gasteiger partial charge in [0.2, 0.25) is 0 Å². The first kappa shape index (κ1) is 11.4. The summed E-state index contributed by atoms with van der Waals surface area (Å²) in [6, 6.07) is 0. The van der Waals surface area contributed by atoms with E-state index < -0.39 is 0 Å². The van der Waals surface area contributed by atoms with Gasteiger partial charge in [-0.05, 0) is 69.2 Å². The summed E-state index contributed by atoms with van der Waals surface area (Å²) in [6.45, 7) is 3.25. The monoisotopic (exact) mass is 239 g/mol. The zero-order valence-corrected chi connectivity index (χ0v) is 11.3. The van der Waals surface area contributed by atoms with Crippen molar-refractivity contribution in [3.05, 3.63) is 0 Å². The predicted octanol–water partition coefficient (Wildman–Crippen LogP) is 3.43. The molecule has 4 aliphatic carbocycles. The molecular weight excluding hydrogens is 214 g/mol. The smallest absolute Gasteiger partial charge is 0.0170 e. The normalized spacial score (nSPS) is 47.2. The summed E-state index contributed by atoms with van der Waals surface area (Å²) in [4.78, 5) is 0. The molecule has 4 aliphatic rings. The van der Waals surface area contributed by atoms with Gasteiger partial charge in [0.1, 0.15) is 0 Å². The first-order chi connectivity index (χ1) is 7.69. The fraction of sp³-hybridized carbons (Fsp3) is 1.00. The molecule has 2 heteroatoms. The molecule has 0 aromatic carbocycles. The van der Waals surface area contributed by atoms with Crippen molar-refractivity contribution in [2.75, 3.05) is 6.54 Å². The van der Waals surface area contributed by atoms with Gasteiger partial charge in [-0.2, -0.15) is 11.8 Å². The summed E-state index contributed by atoms with van der Waals surface area (Å²) in [5, 5.41) is 0.779. The van der Waals surface area contributed by atoms with Crippen LogP contribution in [-0.4, -0.2) is 16.5 Å². The van der Waals surface area contributed by atoms with Gasteiger partial charge in [-0.25, -0.2) is 0 Å². The third-order valence-corrected chi connectivity index (χ3v) is 6.64. The summed E-state index contributed by atoms with van der Waals surface area (Å²) in [5.74, 6) is 3.26. The average molecular weight is 239 g/mol. The SMILES string of the molecule is CC(CCN)SC12CC3CC(CC(C3)C1)C2. The minimum absolute atomic E-state index is 0.684. The minimum atomic E-state index is 0.684. The van der Waals surface area contributed by atoms with Crippen molar-refractivity contribution in [2.24, 2.45) is 23.5 Å². The highest BCUT2D eigenvalue weighted by Crippen LogP contribution is 2.61. The fourth-order valence-electron chi connectivity index (χ4n) is 4.90. The summed E-state index contributed by atoms with van der Waals surface area (Å²) in [7, 11) is 0. The molecule has 4 saturated carbocycles. The van der Waals surface area contributed by atoms with E-state index in [1.54, 1.807) is 19.3 Å². The summed E-state index contributed by atoms with van der Waals surface area (Å²) < 4.78 is 0.684. The minimum Gasteiger partial charge on any atom is -0.330 e. The van der Waals surface area contributed by atoms with E-state index in [4.69, 9.17) is 5.73 Å². The molecule has 0 spiro atoms. The maximum Gasteiger partial charge on any atom is 0.0170 e. The lowest BCUT2D eigenvalue weighted by atomic mass is 9.56. The molecule has 16 heavy (non-hydrogen) atoms. The molecule has 1 atom stereocenters. The molecule has 0 aromatic heterocycles. The van der Waals surface area contributed by atoms with Crippen LogP contribution in [0.1, 0.15) is 51.9 Å². The van der Waals surface area contributed by atoms with E-state index in [1.165, 1.54) is 25.7 Å². The van der Waals surface area contributed by atoms with E-state index >= 15 is 0 Å². The Morgan fingerprint density at radius 1 is 1.12 bits per heavy atom. The van der Waals surface area contributed by atoms with Crippen molar-refractivity contribution in [3.63, 3.8) is 0 Å². The predicted molar refractivity (Wildman–Crippen MR) is 71.6 cm³/mol. The zero-order chi connectivity index (χ0) is 11.2. The second-order valence-electron chi connectivity index (χ2n) is 6.61. The number of nitrogens with two attached hydrogens (primary N) is 1. The highest BCUT2D eigenvalue weighted by atomic mass is 32.2. The van der Waals surface area contributed by atoms with Crippen LogP contribution < -0.4 is 5.73 Å². The quantitative estimate of drug-likeness (QED) is 0.813. The zero-order valence-electron chi connectivity index (χ0n) is 10.5. The van der Waals surface area contributed by atoms with Crippen LogP contribution in [0.3, 0.4) is 0 Å². The lowest BCUT2D eigenvalue weighted by molar-refractivity contribution is 0.0381. The molecular formula is C14H25NS. The largest absolute Gasteiger partial charge is 0.330 e. The van der Waals surface area contributed by atoms with E-state index in [2.05, 4.69) is 18.7 Å². The van der Waals surface area contributed by atoms with Gasteiger partial charge < -0.3 is 5.73 Å².